The zero-order valence-corrected chi connectivity index (χ0v) is 20.4. The molecule has 2 heterocycles. The maximum absolute atomic E-state index is 11.9. The van der Waals surface area contributed by atoms with Gasteiger partial charge in [0.05, 0.1) is 12.2 Å². The van der Waals surface area contributed by atoms with Crippen LogP contribution in [0.1, 0.15) is 54.4 Å². The predicted molar refractivity (Wildman–Crippen MR) is 130 cm³/mol. The van der Waals surface area contributed by atoms with Gasteiger partial charge in [0.25, 0.3) is 0 Å². The fourth-order valence-electron chi connectivity index (χ4n) is 3.19. The van der Waals surface area contributed by atoms with Crippen LogP contribution < -0.4 is 10.6 Å². The van der Waals surface area contributed by atoms with Crippen molar-refractivity contribution in [2.45, 2.75) is 52.2 Å². The van der Waals surface area contributed by atoms with Crippen molar-refractivity contribution in [2.24, 2.45) is 4.99 Å². The molecule has 1 aromatic carbocycles. The van der Waals surface area contributed by atoms with E-state index in [1.165, 1.54) is 11.1 Å². The van der Waals surface area contributed by atoms with Crippen LogP contribution in [0.3, 0.4) is 0 Å². The quantitative estimate of drug-likeness (QED) is 0.326. The average molecular weight is 527 g/mol. The van der Waals surface area contributed by atoms with Crippen LogP contribution in [0.15, 0.2) is 34.6 Å². The zero-order valence-electron chi connectivity index (χ0n) is 17.3. The SMILES string of the molecule is CN=C(NCc1nc(C(C)C)cs1)NCc1ccccc1CN1CCCC1=O.I. The van der Waals surface area contributed by atoms with E-state index in [2.05, 4.69) is 52.0 Å². The number of rotatable bonds is 7. The van der Waals surface area contributed by atoms with Gasteiger partial charge in [-0.15, -0.1) is 35.3 Å². The fraction of sp³-hybridized carbons (Fsp3) is 0.476. The van der Waals surface area contributed by atoms with E-state index in [0.29, 0.717) is 32.0 Å². The summed E-state index contributed by atoms with van der Waals surface area (Å²) in [5, 5.41) is 9.88. The van der Waals surface area contributed by atoms with Crippen molar-refractivity contribution in [3.8, 4) is 0 Å². The van der Waals surface area contributed by atoms with Gasteiger partial charge < -0.3 is 15.5 Å². The second-order valence-electron chi connectivity index (χ2n) is 7.29. The highest BCUT2D eigenvalue weighted by Gasteiger charge is 2.20. The van der Waals surface area contributed by atoms with E-state index in [1.54, 1.807) is 18.4 Å². The third-order valence-corrected chi connectivity index (χ3v) is 5.76. The number of amides is 1. The first-order valence-corrected chi connectivity index (χ1v) is 10.7. The molecule has 0 aliphatic carbocycles. The van der Waals surface area contributed by atoms with Gasteiger partial charge in [0.1, 0.15) is 5.01 Å². The van der Waals surface area contributed by atoms with Crippen LogP contribution in [0.25, 0.3) is 0 Å². The van der Waals surface area contributed by atoms with E-state index in [-0.39, 0.29) is 29.9 Å². The van der Waals surface area contributed by atoms with Crippen LogP contribution >= 0.6 is 35.3 Å². The minimum absolute atomic E-state index is 0. The summed E-state index contributed by atoms with van der Waals surface area (Å²) in [6.07, 6.45) is 1.64. The molecule has 8 heteroatoms. The second-order valence-corrected chi connectivity index (χ2v) is 8.23. The largest absolute Gasteiger partial charge is 0.352 e. The van der Waals surface area contributed by atoms with Gasteiger partial charge in [-0.2, -0.15) is 0 Å². The van der Waals surface area contributed by atoms with E-state index in [0.717, 1.165) is 29.6 Å². The summed E-state index contributed by atoms with van der Waals surface area (Å²) >= 11 is 1.67. The van der Waals surface area contributed by atoms with Gasteiger partial charge in [0, 0.05) is 38.5 Å². The number of nitrogens with zero attached hydrogens (tertiary/aromatic N) is 3. The van der Waals surface area contributed by atoms with Gasteiger partial charge in [-0.25, -0.2) is 4.98 Å². The van der Waals surface area contributed by atoms with Crippen molar-refractivity contribution in [1.82, 2.24) is 20.5 Å². The molecule has 1 aliphatic rings. The monoisotopic (exact) mass is 527 g/mol. The molecule has 0 bridgehead atoms. The van der Waals surface area contributed by atoms with Gasteiger partial charge in [0.15, 0.2) is 5.96 Å². The third kappa shape index (κ3) is 6.67. The predicted octanol–water partition coefficient (Wildman–Crippen LogP) is 3.87. The number of aliphatic imine (C=N–C) groups is 1. The lowest BCUT2D eigenvalue weighted by Gasteiger charge is -2.19. The molecule has 158 valence electrons. The molecule has 3 rings (SSSR count). The smallest absolute Gasteiger partial charge is 0.222 e. The Bertz CT molecular complexity index is 836. The van der Waals surface area contributed by atoms with E-state index >= 15 is 0 Å². The summed E-state index contributed by atoms with van der Waals surface area (Å²) in [5.41, 5.74) is 3.50. The number of carbonyl (C=O) groups excluding carboxylic acids is 1. The van der Waals surface area contributed by atoms with Crippen molar-refractivity contribution in [3.05, 3.63) is 51.5 Å². The number of benzene rings is 1. The third-order valence-electron chi connectivity index (χ3n) is 4.89. The Morgan fingerprint density at radius 2 is 1.97 bits per heavy atom. The van der Waals surface area contributed by atoms with Crippen molar-refractivity contribution >= 4 is 47.2 Å². The van der Waals surface area contributed by atoms with Crippen LogP contribution in [0.2, 0.25) is 0 Å². The molecule has 0 radical (unpaired) electrons. The molecule has 1 amide bonds. The molecule has 2 aromatic rings. The van der Waals surface area contributed by atoms with Gasteiger partial charge in [-0.05, 0) is 23.5 Å². The van der Waals surface area contributed by atoms with Crippen LogP contribution in [-0.4, -0.2) is 35.3 Å². The van der Waals surface area contributed by atoms with Gasteiger partial charge in [-0.1, -0.05) is 38.1 Å². The summed E-state index contributed by atoms with van der Waals surface area (Å²) in [5.74, 6) is 1.44. The molecular weight excluding hydrogens is 497 g/mol. The molecule has 29 heavy (non-hydrogen) atoms. The first-order valence-electron chi connectivity index (χ1n) is 9.80. The molecule has 2 N–H and O–H groups in total. The molecule has 0 unspecified atom stereocenters. The van der Waals surface area contributed by atoms with Crippen LogP contribution in [-0.2, 0) is 24.4 Å². The maximum Gasteiger partial charge on any atom is 0.222 e. The molecule has 0 atom stereocenters. The number of nitrogens with one attached hydrogen (secondary N) is 2. The number of carbonyl (C=O) groups is 1. The van der Waals surface area contributed by atoms with Crippen molar-refractivity contribution < 1.29 is 4.79 Å². The summed E-state index contributed by atoms with van der Waals surface area (Å²) in [6.45, 7) is 7.16. The van der Waals surface area contributed by atoms with Gasteiger partial charge >= 0.3 is 0 Å². The van der Waals surface area contributed by atoms with E-state index in [9.17, 15) is 4.79 Å². The summed E-state index contributed by atoms with van der Waals surface area (Å²) in [6, 6.07) is 8.26. The first-order chi connectivity index (χ1) is 13.6. The molecule has 0 saturated carbocycles. The van der Waals surface area contributed by atoms with Gasteiger partial charge in [0.2, 0.25) is 5.91 Å². The average Bonchev–Trinajstić information content (AvgIpc) is 3.32. The number of halogens is 1. The van der Waals surface area contributed by atoms with Crippen LogP contribution in [0.4, 0.5) is 0 Å². The highest BCUT2D eigenvalue weighted by Crippen LogP contribution is 2.18. The molecule has 6 nitrogen and oxygen atoms in total. The Morgan fingerprint density at radius 3 is 2.59 bits per heavy atom. The minimum atomic E-state index is 0. The van der Waals surface area contributed by atoms with Gasteiger partial charge in [-0.3, -0.25) is 9.79 Å². The zero-order chi connectivity index (χ0) is 19.9. The molecule has 1 aromatic heterocycles. The lowest BCUT2D eigenvalue weighted by molar-refractivity contribution is -0.128. The normalized spacial score (nSPS) is 14.3. The summed E-state index contributed by atoms with van der Waals surface area (Å²) < 4.78 is 0. The van der Waals surface area contributed by atoms with E-state index in [4.69, 9.17) is 0 Å². The standard InChI is InChI=1S/C21H29N5OS.HI/c1-15(2)18-14-28-19(25-18)12-24-21(22-3)23-11-16-7-4-5-8-17(16)13-26-10-6-9-20(26)27;/h4-5,7-8,14-15H,6,9-13H2,1-3H3,(H2,22,23,24);1H. The Kier molecular flexibility index (Phi) is 9.35. The number of guanidine groups is 1. The second kappa shape index (κ2) is 11.5. The topological polar surface area (TPSA) is 69.6 Å². The fourth-order valence-corrected chi connectivity index (χ4v) is 4.09. The molecule has 1 fully saturated rings. The number of likely N-dealkylation sites (tertiary alicyclic amines) is 1. The number of hydrogen-bond acceptors (Lipinski definition) is 4. The molecule has 0 spiro atoms. The minimum Gasteiger partial charge on any atom is -0.352 e. The Balaban J connectivity index is 0.00000300. The van der Waals surface area contributed by atoms with Crippen LogP contribution in [0.5, 0.6) is 0 Å². The molecule has 1 aliphatic heterocycles. The lowest BCUT2D eigenvalue weighted by atomic mass is 10.1. The highest BCUT2D eigenvalue weighted by molar-refractivity contribution is 14.0. The molecular formula is C21H30IN5OS. The number of hydrogen-bond donors (Lipinski definition) is 2. The van der Waals surface area contributed by atoms with E-state index < -0.39 is 0 Å². The van der Waals surface area contributed by atoms with Crippen molar-refractivity contribution in [2.75, 3.05) is 13.6 Å². The Labute approximate surface area is 194 Å². The molecule has 1 saturated heterocycles. The first kappa shape index (κ1) is 23.6. The highest BCUT2D eigenvalue weighted by atomic mass is 127. The Hall–Kier alpha value is -1.68. The van der Waals surface area contributed by atoms with Crippen molar-refractivity contribution in [1.29, 1.82) is 0 Å². The maximum atomic E-state index is 11.9. The number of aromatic nitrogens is 1. The van der Waals surface area contributed by atoms with Crippen molar-refractivity contribution in [3.63, 3.8) is 0 Å². The van der Waals surface area contributed by atoms with E-state index in [1.807, 2.05) is 17.0 Å². The Morgan fingerprint density at radius 1 is 1.24 bits per heavy atom. The summed E-state index contributed by atoms with van der Waals surface area (Å²) in [7, 11) is 1.77. The summed E-state index contributed by atoms with van der Waals surface area (Å²) in [4.78, 5) is 22.8. The lowest BCUT2D eigenvalue weighted by Crippen LogP contribution is -2.36. The van der Waals surface area contributed by atoms with Crippen LogP contribution in [0, 0.1) is 0 Å². The number of thiazole rings is 1.